The number of piperidine rings is 2. The molecule has 436 valence electrons. The highest BCUT2D eigenvalue weighted by atomic mass is 127. The number of hydrogen-bond acceptors (Lipinski definition) is 10. The van der Waals surface area contributed by atoms with Gasteiger partial charge in [-0.2, -0.15) is 0 Å². The zero-order chi connectivity index (χ0) is 59.4. The van der Waals surface area contributed by atoms with Gasteiger partial charge in [0.1, 0.15) is 45.4 Å². The SMILES string of the molecule is CC(C)(C)OC(=O)N1CCC2(C=C(c3ccccc3)c3cc(O)ccc3O2)CC1.CC(C)(C)OC(=O)N1CCC2(C=C(c3ccccc3)c3cc(O[Si](C)(C)C(C)(C)C)ccc3O2)CC1.CI.ClCC1CC1.OB(O)c1ccccc1. The van der Waals surface area contributed by atoms with Crippen molar-refractivity contribution in [1.82, 2.24) is 9.80 Å². The van der Waals surface area contributed by atoms with Crippen molar-refractivity contribution in [3.8, 4) is 23.0 Å². The van der Waals surface area contributed by atoms with Crippen LogP contribution in [0, 0.1) is 5.92 Å². The van der Waals surface area contributed by atoms with E-state index in [4.69, 9.17) is 45.0 Å². The minimum absolute atomic E-state index is 0.115. The van der Waals surface area contributed by atoms with Crippen LogP contribution in [0.2, 0.25) is 18.1 Å². The predicted octanol–water partition coefficient (Wildman–Crippen LogP) is 14.7. The fourth-order valence-electron chi connectivity index (χ4n) is 9.21. The second kappa shape index (κ2) is 27.7. The number of likely N-dealkylation sites (tertiary alicyclic amines) is 2. The highest BCUT2D eigenvalue weighted by molar-refractivity contribution is 14.1. The molecule has 2 amide bonds. The Morgan fingerprint density at radius 2 is 1.02 bits per heavy atom. The van der Waals surface area contributed by atoms with Crippen LogP contribution in [0.4, 0.5) is 9.59 Å². The molecule has 3 fully saturated rings. The first-order chi connectivity index (χ1) is 38.2. The van der Waals surface area contributed by atoms with E-state index in [1.807, 2.05) is 88.9 Å². The molecule has 2 spiro atoms. The fourth-order valence-corrected chi connectivity index (χ4v) is 10.5. The lowest BCUT2D eigenvalue weighted by atomic mass is 9.81. The summed E-state index contributed by atoms with van der Waals surface area (Å²) in [7, 11) is -3.32. The van der Waals surface area contributed by atoms with Gasteiger partial charge >= 0.3 is 19.3 Å². The van der Waals surface area contributed by atoms with Crippen LogP contribution >= 0.6 is 34.2 Å². The smallest absolute Gasteiger partial charge is 0.488 e. The summed E-state index contributed by atoms with van der Waals surface area (Å²) in [5, 5.41) is 27.3. The van der Waals surface area contributed by atoms with Crippen molar-refractivity contribution in [3.63, 3.8) is 0 Å². The van der Waals surface area contributed by atoms with Crippen LogP contribution in [0.3, 0.4) is 0 Å². The van der Waals surface area contributed by atoms with Gasteiger partial charge in [0.25, 0.3) is 0 Å². The van der Waals surface area contributed by atoms with E-state index in [9.17, 15) is 14.7 Å². The largest absolute Gasteiger partial charge is 0.543 e. The minimum Gasteiger partial charge on any atom is -0.543 e. The molecule has 10 rings (SSSR count). The van der Waals surface area contributed by atoms with Gasteiger partial charge in [0, 0.05) is 68.9 Å². The van der Waals surface area contributed by atoms with Gasteiger partial charge in [0.15, 0.2) is 0 Å². The van der Waals surface area contributed by atoms with E-state index in [1.54, 1.807) is 46.2 Å². The monoisotopic (exact) mass is 1250 g/mol. The number of ether oxygens (including phenoxy) is 4. The Labute approximate surface area is 502 Å². The number of phenolic OH excluding ortho intramolecular Hbond substituents is 1. The molecule has 4 heterocycles. The van der Waals surface area contributed by atoms with Crippen molar-refractivity contribution >= 4 is 78.4 Å². The van der Waals surface area contributed by atoms with E-state index in [-0.39, 0.29) is 23.0 Å². The molecule has 2 saturated heterocycles. The number of halogens is 2. The van der Waals surface area contributed by atoms with Gasteiger partial charge in [0.2, 0.25) is 8.32 Å². The van der Waals surface area contributed by atoms with Crippen molar-refractivity contribution in [1.29, 1.82) is 0 Å². The Balaban J connectivity index is 0.000000207. The predicted molar refractivity (Wildman–Crippen MR) is 340 cm³/mol. The average Bonchev–Trinajstić information content (AvgIpc) is 4.41. The Morgan fingerprint density at radius 1 is 0.630 bits per heavy atom. The van der Waals surface area contributed by atoms with Crippen molar-refractivity contribution in [3.05, 3.63) is 162 Å². The van der Waals surface area contributed by atoms with Crippen molar-refractivity contribution in [2.45, 2.75) is 141 Å². The third kappa shape index (κ3) is 18.5. The lowest BCUT2D eigenvalue weighted by molar-refractivity contribution is -0.00234. The van der Waals surface area contributed by atoms with Crippen LogP contribution in [0.5, 0.6) is 23.0 Å². The Kier molecular flexibility index (Phi) is 22.2. The molecule has 12 nitrogen and oxygen atoms in total. The van der Waals surface area contributed by atoms with Gasteiger partial charge in [-0.3, -0.25) is 0 Å². The molecule has 5 aromatic rings. The molecular weight excluding hydrogens is 1170 g/mol. The van der Waals surface area contributed by atoms with E-state index in [1.165, 1.54) is 12.8 Å². The average molecular weight is 1260 g/mol. The standard InChI is InChI=1S/C30H41NO4Si.C24H27NO4.C6H7BO2.C4H7Cl.CH3I/c1-28(2,3)34-27(32)31-18-16-30(17-19-31)21-25(22-12-10-9-11-13-22)24-20-23(14-15-26(24)33-30)35-36(7,8)29(4,5)6;1-23(2,3)29-22(27)25-13-11-24(12-14-25)16-20(17-7-5-4-6-8-17)19-15-18(26)9-10-21(19)28-24;8-7(9)6-4-2-1-3-5-6;5-3-4-1-2-4;1-2/h9-15,20-21H,16-19H2,1-8H3;4-10,15-16,26H,11-14H2,1-3H3;1-5,8-9H;4H,1-3H2;1H3. The molecule has 0 unspecified atom stereocenters. The lowest BCUT2D eigenvalue weighted by Gasteiger charge is -2.43. The number of fused-ring (bicyclic) bond motifs is 2. The summed E-state index contributed by atoms with van der Waals surface area (Å²) in [6, 6.07) is 40.7. The first kappa shape index (κ1) is 64.7. The number of phenols is 1. The molecule has 5 aliphatic rings. The van der Waals surface area contributed by atoms with Crippen LogP contribution in [0.1, 0.15) is 123 Å². The van der Waals surface area contributed by atoms with Gasteiger partial charge in [-0.25, -0.2) is 9.59 Å². The normalized spacial score (nSPS) is 16.8. The Morgan fingerprint density at radius 3 is 1.37 bits per heavy atom. The topological polar surface area (TPSA) is 147 Å². The van der Waals surface area contributed by atoms with Crippen LogP contribution in [-0.2, 0) is 9.47 Å². The number of nitrogens with zero attached hydrogens (tertiary/aromatic N) is 2. The van der Waals surface area contributed by atoms with Gasteiger partial charge in [-0.1, -0.05) is 134 Å². The van der Waals surface area contributed by atoms with Crippen LogP contribution in [0.25, 0.3) is 11.1 Å². The van der Waals surface area contributed by atoms with E-state index in [0.717, 1.165) is 62.4 Å². The Bertz CT molecular complexity index is 2900. The number of benzene rings is 5. The number of alkyl halides is 2. The lowest BCUT2D eigenvalue weighted by Crippen LogP contribution is -2.50. The molecule has 1 aliphatic carbocycles. The van der Waals surface area contributed by atoms with Gasteiger partial charge < -0.3 is 48.3 Å². The molecule has 3 N–H and O–H groups in total. The first-order valence-corrected chi connectivity index (χ1v) is 33.7. The van der Waals surface area contributed by atoms with E-state index in [2.05, 4.69) is 117 Å². The van der Waals surface area contributed by atoms with E-state index < -0.39 is 37.8 Å². The first-order valence-electron chi connectivity index (χ1n) is 28.1. The van der Waals surface area contributed by atoms with Crippen molar-refractivity contribution < 1.29 is 48.1 Å². The molecule has 81 heavy (non-hydrogen) atoms. The summed E-state index contributed by atoms with van der Waals surface area (Å²) in [6.07, 6.45) is 9.45. The van der Waals surface area contributed by atoms with E-state index in [0.29, 0.717) is 57.3 Å². The van der Waals surface area contributed by atoms with Gasteiger partial charge in [0.05, 0.1) is 0 Å². The zero-order valence-electron chi connectivity index (χ0n) is 49.6. The maximum absolute atomic E-state index is 12.6. The molecule has 0 atom stereocenters. The second-order valence-corrected chi connectivity index (χ2v) is 29.7. The van der Waals surface area contributed by atoms with Gasteiger partial charge in [-0.05, 0) is 160 Å². The maximum atomic E-state index is 12.6. The molecule has 0 radical (unpaired) electrons. The van der Waals surface area contributed by atoms with Crippen LogP contribution < -0.4 is 19.4 Å². The molecule has 0 bridgehead atoms. The van der Waals surface area contributed by atoms with E-state index >= 15 is 0 Å². The number of hydrogen-bond donors (Lipinski definition) is 3. The van der Waals surface area contributed by atoms with Crippen molar-refractivity contribution in [2.75, 3.05) is 37.0 Å². The third-order valence-electron chi connectivity index (χ3n) is 14.8. The molecular formula is C65H85BClIN2O10Si. The highest BCUT2D eigenvalue weighted by Crippen LogP contribution is 2.47. The summed E-state index contributed by atoms with van der Waals surface area (Å²) >= 11 is 7.55. The maximum Gasteiger partial charge on any atom is 0.488 e. The zero-order valence-corrected chi connectivity index (χ0v) is 53.5. The second-order valence-electron chi connectivity index (χ2n) is 24.7. The summed E-state index contributed by atoms with van der Waals surface area (Å²) in [6.45, 7) is 24.9. The molecule has 1 saturated carbocycles. The van der Waals surface area contributed by atoms with Gasteiger partial charge in [-0.15, -0.1) is 11.6 Å². The number of amides is 2. The molecule has 0 aromatic heterocycles. The number of carbonyl (C=O) groups is 2. The highest BCUT2D eigenvalue weighted by Gasteiger charge is 2.44. The molecule has 4 aliphatic heterocycles. The summed E-state index contributed by atoms with van der Waals surface area (Å²) in [4.78, 5) is 30.6. The Hall–Kier alpha value is -5.46. The summed E-state index contributed by atoms with van der Waals surface area (Å²) < 4.78 is 30.9. The quantitative estimate of drug-likeness (QED) is 0.0853. The minimum atomic E-state index is -1.98. The van der Waals surface area contributed by atoms with Crippen LogP contribution in [-0.4, -0.2) is 112 Å². The number of carbonyl (C=O) groups excluding carboxylic acids is 2. The fraction of sp³-hybridized carbons (Fsp3) is 0.446. The number of rotatable bonds is 6. The third-order valence-corrected chi connectivity index (χ3v) is 19.6. The van der Waals surface area contributed by atoms with Crippen molar-refractivity contribution in [2.24, 2.45) is 5.92 Å². The molecule has 16 heteroatoms. The van der Waals surface area contributed by atoms with Crippen LogP contribution in [0.15, 0.2) is 140 Å². The molecule has 5 aromatic carbocycles. The number of aromatic hydroxyl groups is 1. The summed E-state index contributed by atoms with van der Waals surface area (Å²) in [5.74, 6) is 4.52. The summed E-state index contributed by atoms with van der Waals surface area (Å²) in [5.41, 5.74) is 4.96.